The van der Waals surface area contributed by atoms with Gasteiger partial charge in [-0.3, -0.25) is 14.7 Å². The number of H-pyrrole nitrogens is 1. The van der Waals surface area contributed by atoms with Crippen molar-refractivity contribution in [2.75, 3.05) is 11.9 Å². The third kappa shape index (κ3) is 3.88. The number of rotatable bonds is 5. The van der Waals surface area contributed by atoms with Crippen LogP contribution in [0, 0.1) is 12.8 Å². The van der Waals surface area contributed by atoms with E-state index in [2.05, 4.69) is 25.8 Å². The van der Waals surface area contributed by atoms with Crippen LogP contribution in [-0.2, 0) is 9.59 Å². The van der Waals surface area contributed by atoms with E-state index < -0.39 is 17.4 Å². The van der Waals surface area contributed by atoms with E-state index in [0.29, 0.717) is 11.3 Å². The molecule has 8 heteroatoms. The zero-order valence-electron chi connectivity index (χ0n) is 14.3. The quantitative estimate of drug-likeness (QED) is 0.611. The maximum atomic E-state index is 12.0. The van der Waals surface area contributed by atoms with E-state index >= 15 is 0 Å². The molecule has 2 atom stereocenters. The number of aryl methyl sites for hydroxylation is 1. The van der Waals surface area contributed by atoms with E-state index in [1.165, 1.54) is 6.20 Å². The van der Waals surface area contributed by atoms with Gasteiger partial charge in [-0.1, -0.05) is 20.3 Å². The lowest BCUT2D eigenvalue weighted by atomic mass is 9.89. The molecule has 2 heterocycles. The fourth-order valence-corrected chi connectivity index (χ4v) is 2.23. The monoisotopic (exact) mass is 333 g/mol. The number of aromatic amines is 1. The van der Waals surface area contributed by atoms with Gasteiger partial charge in [0.1, 0.15) is 0 Å². The van der Waals surface area contributed by atoms with Gasteiger partial charge in [0.15, 0.2) is 5.65 Å². The number of carbonyl (C=O) groups excluding carboxylic acids is 2. The molecular weight excluding hydrogens is 310 g/mol. The van der Waals surface area contributed by atoms with Gasteiger partial charge in [0.25, 0.3) is 0 Å². The summed E-state index contributed by atoms with van der Waals surface area (Å²) < 4.78 is 0. The Morgan fingerprint density at radius 3 is 2.79 bits per heavy atom. The van der Waals surface area contributed by atoms with Crippen molar-refractivity contribution in [1.29, 1.82) is 0 Å². The van der Waals surface area contributed by atoms with Crippen molar-refractivity contribution < 1.29 is 14.7 Å². The van der Waals surface area contributed by atoms with Gasteiger partial charge in [-0.2, -0.15) is 5.10 Å². The minimum Gasteiger partial charge on any atom is -0.388 e. The highest BCUT2D eigenvalue weighted by atomic mass is 16.3. The molecule has 2 amide bonds. The molecule has 0 aliphatic heterocycles. The van der Waals surface area contributed by atoms with E-state index in [9.17, 15) is 14.7 Å². The van der Waals surface area contributed by atoms with Crippen LogP contribution in [0.1, 0.15) is 32.9 Å². The minimum atomic E-state index is -1.07. The number of amides is 2. The molecule has 0 bridgehead atoms. The van der Waals surface area contributed by atoms with Crippen LogP contribution in [0.15, 0.2) is 12.3 Å². The molecule has 0 saturated heterocycles. The predicted molar refractivity (Wildman–Crippen MR) is 90.3 cm³/mol. The SMILES string of the molecule is CC[C@H](C)[C@@](C)(O)CNC(=O)C(=O)Nc1cnc2n[nH]c(C)c2c1. The largest absolute Gasteiger partial charge is 0.388 e. The predicted octanol–water partition coefficient (Wildman–Crippen LogP) is 1.12. The van der Waals surface area contributed by atoms with Gasteiger partial charge in [-0.05, 0) is 25.8 Å². The molecule has 24 heavy (non-hydrogen) atoms. The highest BCUT2D eigenvalue weighted by Gasteiger charge is 2.28. The summed E-state index contributed by atoms with van der Waals surface area (Å²) in [5.74, 6) is -1.61. The van der Waals surface area contributed by atoms with Crippen LogP contribution >= 0.6 is 0 Å². The molecular formula is C16H23N5O3. The lowest BCUT2D eigenvalue weighted by molar-refractivity contribution is -0.137. The molecule has 0 unspecified atom stereocenters. The van der Waals surface area contributed by atoms with Crippen LogP contribution in [-0.4, -0.2) is 44.2 Å². The Kier molecular flexibility index (Phi) is 5.18. The maximum absolute atomic E-state index is 12.0. The number of carbonyl (C=O) groups is 2. The van der Waals surface area contributed by atoms with Crippen LogP contribution in [0.3, 0.4) is 0 Å². The number of anilines is 1. The van der Waals surface area contributed by atoms with Crippen molar-refractivity contribution in [1.82, 2.24) is 20.5 Å². The molecule has 0 saturated carbocycles. The lowest BCUT2D eigenvalue weighted by Gasteiger charge is -2.29. The number of pyridine rings is 1. The number of hydrogen-bond donors (Lipinski definition) is 4. The number of fused-ring (bicyclic) bond motifs is 1. The van der Waals surface area contributed by atoms with E-state index in [0.717, 1.165) is 17.5 Å². The molecule has 2 rings (SSSR count). The molecule has 8 nitrogen and oxygen atoms in total. The average Bonchev–Trinajstić information content (AvgIpc) is 2.92. The number of nitrogens with zero attached hydrogens (tertiary/aromatic N) is 2. The highest BCUT2D eigenvalue weighted by molar-refractivity contribution is 6.39. The van der Waals surface area contributed by atoms with E-state index in [1.807, 2.05) is 20.8 Å². The van der Waals surface area contributed by atoms with Crippen LogP contribution in [0.2, 0.25) is 0 Å². The summed E-state index contributed by atoms with van der Waals surface area (Å²) >= 11 is 0. The second kappa shape index (κ2) is 6.96. The number of nitrogens with one attached hydrogen (secondary N) is 3. The van der Waals surface area contributed by atoms with Crippen LogP contribution in [0.5, 0.6) is 0 Å². The summed E-state index contributed by atoms with van der Waals surface area (Å²) in [6.07, 6.45) is 2.20. The normalized spacial score (nSPS) is 14.9. The van der Waals surface area contributed by atoms with E-state index in [-0.39, 0.29) is 12.5 Å². The second-order valence-electron chi connectivity index (χ2n) is 6.25. The van der Waals surface area contributed by atoms with Gasteiger partial charge < -0.3 is 15.7 Å². The Morgan fingerprint density at radius 1 is 1.42 bits per heavy atom. The molecule has 0 aromatic carbocycles. The molecule has 0 spiro atoms. The summed E-state index contributed by atoms with van der Waals surface area (Å²) in [6, 6.07) is 1.70. The van der Waals surface area contributed by atoms with Gasteiger partial charge >= 0.3 is 11.8 Å². The third-order valence-corrected chi connectivity index (χ3v) is 4.35. The molecule has 4 N–H and O–H groups in total. The van der Waals surface area contributed by atoms with Gasteiger partial charge in [0.2, 0.25) is 0 Å². The third-order valence-electron chi connectivity index (χ3n) is 4.35. The molecule has 130 valence electrons. The van der Waals surface area contributed by atoms with E-state index in [4.69, 9.17) is 0 Å². The van der Waals surface area contributed by atoms with Crippen molar-refractivity contribution in [3.63, 3.8) is 0 Å². The summed E-state index contributed by atoms with van der Waals surface area (Å²) in [4.78, 5) is 28.0. The van der Waals surface area contributed by atoms with Crippen molar-refractivity contribution in [3.8, 4) is 0 Å². The first kappa shape index (κ1) is 17.9. The van der Waals surface area contributed by atoms with Crippen LogP contribution in [0.25, 0.3) is 11.0 Å². The topological polar surface area (TPSA) is 120 Å². The fourth-order valence-electron chi connectivity index (χ4n) is 2.23. The lowest BCUT2D eigenvalue weighted by Crippen LogP contribution is -2.47. The first-order valence-corrected chi connectivity index (χ1v) is 7.87. The number of aromatic nitrogens is 3. The summed E-state index contributed by atoms with van der Waals surface area (Å²) in [6.45, 7) is 7.33. The number of aliphatic hydroxyl groups is 1. The van der Waals surface area contributed by atoms with Crippen molar-refractivity contribution >= 4 is 28.5 Å². The average molecular weight is 333 g/mol. The smallest absolute Gasteiger partial charge is 0.313 e. The summed E-state index contributed by atoms with van der Waals surface area (Å²) in [5.41, 5.74) is 0.696. The Labute approximate surface area is 140 Å². The summed E-state index contributed by atoms with van der Waals surface area (Å²) in [7, 11) is 0. The van der Waals surface area contributed by atoms with E-state index in [1.54, 1.807) is 13.0 Å². The Balaban J connectivity index is 1.98. The molecule has 0 aliphatic carbocycles. The van der Waals surface area contributed by atoms with Gasteiger partial charge in [0, 0.05) is 17.6 Å². The molecule has 0 radical (unpaired) electrons. The van der Waals surface area contributed by atoms with Crippen molar-refractivity contribution in [3.05, 3.63) is 18.0 Å². The minimum absolute atomic E-state index is 0.00321. The Bertz CT molecular complexity index is 753. The van der Waals surface area contributed by atoms with Gasteiger partial charge in [0.05, 0.1) is 17.5 Å². The van der Waals surface area contributed by atoms with Crippen molar-refractivity contribution in [2.24, 2.45) is 5.92 Å². The standard InChI is InChI=1S/C16H23N5O3/c1-5-9(2)16(4,24)8-18-14(22)15(23)19-11-6-12-10(3)20-21-13(12)17-7-11/h6-7,9,24H,5,8H2,1-4H3,(H,18,22)(H,19,23)(H,17,20,21)/t9-,16-/m0/s1. The van der Waals surface area contributed by atoms with Crippen molar-refractivity contribution in [2.45, 2.75) is 39.7 Å². The number of hydrogen-bond acceptors (Lipinski definition) is 5. The Morgan fingerprint density at radius 2 is 2.12 bits per heavy atom. The van der Waals surface area contributed by atoms with Gasteiger partial charge in [-0.15, -0.1) is 0 Å². The second-order valence-corrected chi connectivity index (χ2v) is 6.25. The molecule has 2 aromatic rings. The summed E-state index contributed by atoms with van der Waals surface area (Å²) in [5, 5.41) is 22.8. The first-order chi connectivity index (χ1) is 11.2. The molecule has 0 aliphatic rings. The Hall–Kier alpha value is -2.48. The van der Waals surface area contributed by atoms with Gasteiger partial charge in [-0.25, -0.2) is 4.98 Å². The maximum Gasteiger partial charge on any atom is 0.313 e. The zero-order chi connectivity index (χ0) is 17.9. The zero-order valence-corrected chi connectivity index (χ0v) is 14.3. The van der Waals surface area contributed by atoms with Crippen LogP contribution < -0.4 is 10.6 Å². The highest BCUT2D eigenvalue weighted by Crippen LogP contribution is 2.19. The van der Waals surface area contributed by atoms with Crippen LogP contribution in [0.4, 0.5) is 5.69 Å². The first-order valence-electron chi connectivity index (χ1n) is 7.87. The molecule has 0 fully saturated rings. The fraction of sp³-hybridized carbons (Fsp3) is 0.500. The molecule has 2 aromatic heterocycles.